The van der Waals surface area contributed by atoms with E-state index < -0.39 is 0 Å². The SMILES string of the molecule is c1cc(-c2ccccc2-n2c3ccccc3c3cccnc32)cc(-n2c3ccccc3c3cccnc32)c1. The fraction of sp³-hybridized carbons (Fsp3) is 0. The molecule has 4 heterocycles. The Labute approximate surface area is 219 Å². The number of rotatable bonds is 3. The van der Waals surface area contributed by atoms with Gasteiger partial charge >= 0.3 is 0 Å². The Morgan fingerprint density at radius 3 is 1.76 bits per heavy atom. The van der Waals surface area contributed by atoms with Crippen molar-refractivity contribution in [2.24, 2.45) is 0 Å². The molecule has 0 atom stereocenters. The molecule has 8 aromatic rings. The lowest BCUT2D eigenvalue weighted by Gasteiger charge is -2.15. The predicted octanol–water partition coefficient (Wildman–Crippen LogP) is 8.34. The Kier molecular flexibility index (Phi) is 4.49. The number of fused-ring (bicyclic) bond motifs is 6. The molecule has 0 radical (unpaired) electrons. The Morgan fingerprint density at radius 1 is 0.447 bits per heavy atom. The number of aromatic nitrogens is 4. The quantitative estimate of drug-likeness (QED) is 0.252. The van der Waals surface area contributed by atoms with E-state index in [1.807, 2.05) is 24.5 Å². The first-order valence-electron chi connectivity index (χ1n) is 12.8. The minimum atomic E-state index is 0.962. The van der Waals surface area contributed by atoms with Gasteiger partial charge in [0.1, 0.15) is 11.3 Å². The van der Waals surface area contributed by atoms with Crippen LogP contribution in [0, 0.1) is 0 Å². The molecule has 0 saturated heterocycles. The number of nitrogens with zero attached hydrogens (tertiary/aromatic N) is 4. The van der Waals surface area contributed by atoms with Gasteiger partial charge in [-0.3, -0.25) is 9.13 Å². The molecule has 4 heteroatoms. The molecule has 0 aliphatic rings. The van der Waals surface area contributed by atoms with Crippen LogP contribution in [0.25, 0.3) is 66.4 Å². The largest absolute Gasteiger partial charge is 0.294 e. The van der Waals surface area contributed by atoms with E-state index in [1.165, 1.54) is 10.8 Å². The number of benzene rings is 4. The first kappa shape index (κ1) is 20.9. The van der Waals surface area contributed by atoms with Crippen LogP contribution in [-0.4, -0.2) is 19.1 Å². The highest BCUT2D eigenvalue weighted by molar-refractivity contribution is 6.09. The predicted molar refractivity (Wildman–Crippen MR) is 156 cm³/mol. The lowest BCUT2D eigenvalue weighted by atomic mass is 10.0. The molecular weight excluding hydrogens is 464 g/mol. The number of hydrogen-bond donors (Lipinski definition) is 0. The number of hydrogen-bond acceptors (Lipinski definition) is 2. The lowest BCUT2D eigenvalue weighted by molar-refractivity contribution is 1.13. The second-order valence-corrected chi connectivity index (χ2v) is 9.52. The van der Waals surface area contributed by atoms with Crippen molar-refractivity contribution in [2.45, 2.75) is 0 Å². The first-order chi connectivity index (χ1) is 18.9. The number of para-hydroxylation sites is 3. The van der Waals surface area contributed by atoms with Crippen LogP contribution in [0.15, 0.2) is 134 Å². The monoisotopic (exact) mass is 486 g/mol. The third-order valence-electron chi connectivity index (χ3n) is 7.43. The highest BCUT2D eigenvalue weighted by Gasteiger charge is 2.17. The van der Waals surface area contributed by atoms with Gasteiger partial charge in [0.2, 0.25) is 0 Å². The zero-order chi connectivity index (χ0) is 25.1. The van der Waals surface area contributed by atoms with Gasteiger partial charge in [-0.25, -0.2) is 9.97 Å². The summed E-state index contributed by atoms with van der Waals surface area (Å²) in [5, 5.41) is 4.72. The third kappa shape index (κ3) is 2.98. The van der Waals surface area contributed by atoms with Crippen LogP contribution in [0.5, 0.6) is 0 Å². The molecule has 0 bridgehead atoms. The Hall–Kier alpha value is -5.22. The molecule has 4 nitrogen and oxygen atoms in total. The van der Waals surface area contributed by atoms with Crippen molar-refractivity contribution in [2.75, 3.05) is 0 Å². The van der Waals surface area contributed by atoms with E-state index >= 15 is 0 Å². The maximum absolute atomic E-state index is 4.81. The van der Waals surface area contributed by atoms with Gasteiger partial charge < -0.3 is 0 Å². The molecule has 0 N–H and O–H groups in total. The summed E-state index contributed by atoms with van der Waals surface area (Å²) in [5.74, 6) is 0. The van der Waals surface area contributed by atoms with Crippen molar-refractivity contribution >= 4 is 43.9 Å². The second kappa shape index (κ2) is 8.15. The number of pyridine rings is 2. The van der Waals surface area contributed by atoms with Crippen LogP contribution in [0.1, 0.15) is 0 Å². The Balaban J connectivity index is 1.39. The van der Waals surface area contributed by atoms with Crippen LogP contribution in [-0.2, 0) is 0 Å². The van der Waals surface area contributed by atoms with E-state index in [9.17, 15) is 0 Å². The van der Waals surface area contributed by atoms with E-state index in [-0.39, 0.29) is 0 Å². The average molecular weight is 487 g/mol. The van der Waals surface area contributed by atoms with E-state index in [4.69, 9.17) is 9.97 Å². The standard InChI is InChI=1S/C34H22N4/c1-4-17-30(38-32-19-6-3-14-27(32)29-16-9-21-36-34(29)38)25(12-1)23-10-7-11-24(22-23)37-31-18-5-2-13-26(31)28-15-8-20-35-33(28)37/h1-22H. The summed E-state index contributed by atoms with van der Waals surface area (Å²) in [6.45, 7) is 0. The van der Waals surface area contributed by atoms with Gasteiger partial charge in [-0.05, 0) is 60.2 Å². The Bertz CT molecular complexity index is 2040. The first-order valence-corrected chi connectivity index (χ1v) is 12.8. The topological polar surface area (TPSA) is 35.6 Å². The lowest BCUT2D eigenvalue weighted by Crippen LogP contribution is -1.99. The molecule has 4 aromatic heterocycles. The highest BCUT2D eigenvalue weighted by Crippen LogP contribution is 2.37. The van der Waals surface area contributed by atoms with E-state index in [1.54, 1.807) is 0 Å². The summed E-state index contributed by atoms with van der Waals surface area (Å²) in [7, 11) is 0. The third-order valence-corrected chi connectivity index (χ3v) is 7.43. The summed E-state index contributed by atoms with van der Waals surface area (Å²) in [6, 6.07) is 42.7. The van der Waals surface area contributed by atoms with E-state index in [2.05, 4.69) is 118 Å². The summed E-state index contributed by atoms with van der Waals surface area (Å²) in [5.41, 5.74) is 8.71. The maximum atomic E-state index is 4.81. The molecule has 0 aliphatic carbocycles. The normalized spacial score (nSPS) is 11.7. The Morgan fingerprint density at radius 2 is 1.03 bits per heavy atom. The average Bonchev–Trinajstić information content (AvgIpc) is 3.50. The smallest absolute Gasteiger partial charge is 0.145 e. The van der Waals surface area contributed by atoms with Gasteiger partial charge in [-0.15, -0.1) is 0 Å². The van der Waals surface area contributed by atoms with E-state index in [0.717, 1.165) is 55.6 Å². The maximum Gasteiger partial charge on any atom is 0.145 e. The second-order valence-electron chi connectivity index (χ2n) is 9.52. The summed E-state index contributed by atoms with van der Waals surface area (Å²) < 4.78 is 4.55. The fourth-order valence-electron chi connectivity index (χ4n) is 5.82. The van der Waals surface area contributed by atoms with Gasteiger partial charge in [0.05, 0.1) is 16.7 Å². The molecule has 0 saturated carbocycles. The summed E-state index contributed by atoms with van der Waals surface area (Å²) in [6.07, 6.45) is 3.74. The van der Waals surface area contributed by atoms with Crippen molar-refractivity contribution in [3.63, 3.8) is 0 Å². The zero-order valence-corrected chi connectivity index (χ0v) is 20.5. The fourth-order valence-corrected chi connectivity index (χ4v) is 5.82. The van der Waals surface area contributed by atoms with Crippen molar-refractivity contribution < 1.29 is 0 Å². The summed E-state index contributed by atoms with van der Waals surface area (Å²) in [4.78, 5) is 9.58. The zero-order valence-electron chi connectivity index (χ0n) is 20.5. The van der Waals surface area contributed by atoms with Crippen LogP contribution in [0.3, 0.4) is 0 Å². The van der Waals surface area contributed by atoms with Gasteiger partial charge in [-0.2, -0.15) is 0 Å². The molecule has 8 rings (SSSR count). The van der Waals surface area contributed by atoms with Crippen LogP contribution < -0.4 is 0 Å². The van der Waals surface area contributed by atoms with Gasteiger partial charge in [0, 0.05) is 45.2 Å². The van der Waals surface area contributed by atoms with Gasteiger partial charge in [0.25, 0.3) is 0 Å². The van der Waals surface area contributed by atoms with Gasteiger partial charge in [0.15, 0.2) is 0 Å². The molecular formula is C34H22N4. The molecule has 178 valence electrons. The minimum Gasteiger partial charge on any atom is -0.294 e. The molecule has 0 unspecified atom stereocenters. The van der Waals surface area contributed by atoms with Gasteiger partial charge in [-0.1, -0.05) is 66.7 Å². The highest BCUT2D eigenvalue weighted by atomic mass is 15.1. The molecule has 0 amide bonds. The molecule has 0 aliphatic heterocycles. The van der Waals surface area contributed by atoms with Crippen molar-refractivity contribution in [3.8, 4) is 22.5 Å². The molecule has 4 aromatic carbocycles. The van der Waals surface area contributed by atoms with Crippen LogP contribution in [0.2, 0.25) is 0 Å². The van der Waals surface area contributed by atoms with Crippen molar-refractivity contribution in [1.82, 2.24) is 19.1 Å². The molecule has 0 fully saturated rings. The molecule has 38 heavy (non-hydrogen) atoms. The van der Waals surface area contributed by atoms with Crippen LogP contribution >= 0.6 is 0 Å². The van der Waals surface area contributed by atoms with Crippen molar-refractivity contribution in [1.29, 1.82) is 0 Å². The summed E-state index contributed by atoms with van der Waals surface area (Å²) >= 11 is 0. The van der Waals surface area contributed by atoms with E-state index in [0.29, 0.717) is 0 Å². The van der Waals surface area contributed by atoms with Crippen LogP contribution in [0.4, 0.5) is 0 Å². The van der Waals surface area contributed by atoms with Crippen molar-refractivity contribution in [3.05, 3.63) is 134 Å². The minimum absolute atomic E-state index is 0.962. The molecule has 0 spiro atoms.